The maximum Gasteiger partial charge on any atom is 0.323 e. The molecule has 0 bridgehead atoms. The molecule has 1 amide bonds. The summed E-state index contributed by atoms with van der Waals surface area (Å²) >= 11 is 0. The van der Waals surface area contributed by atoms with E-state index in [0.717, 1.165) is 19.4 Å². The summed E-state index contributed by atoms with van der Waals surface area (Å²) in [6, 6.07) is 0.325. The number of nitrogens with one attached hydrogen (secondary N) is 3. The molecular formula is C12H20N4O3. The van der Waals surface area contributed by atoms with Crippen molar-refractivity contribution in [2.24, 2.45) is 0 Å². The number of aromatic nitrogens is 2. The van der Waals surface area contributed by atoms with Crippen molar-refractivity contribution in [3.8, 4) is 0 Å². The molecule has 2 heterocycles. The number of ether oxygens (including phenoxy) is 1. The summed E-state index contributed by atoms with van der Waals surface area (Å²) in [7, 11) is 1.61. The fraction of sp³-hybridized carbons (Fsp3) is 0.667. The van der Waals surface area contributed by atoms with Gasteiger partial charge in [0.25, 0.3) is 5.91 Å². The minimum absolute atomic E-state index is 0.177. The third-order valence-corrected chi connectivity index (χ3v) is 3.28. The number of H-pyrrole nitrogens is 2. The van der Waals surface area contributed by atoms with E-state index in [-0.39, 0.29) is 11.6 Å². The number of methoxy groups -OCH3 is 1. The van der Waals surface area contributed by atoms with Crippen LogP contribution in [0.15, 0.2) is 11.0 Å². The summed E-state index contributed by atoms with van der Waals surface area (Å²) in [5.74, 6) is -0.177. The lowest BCUT2D eigenvalue weighted by Crippen LogP contribution is -2.42. The van der Waals surface area contributed by atoms with E-state index in [1.54, 1.807) is 12.0 Å². The van der Waals surface area contributed by atoms with Gasteiger partial charge < -0.3 is 24.9 Å². The largest absolute Gasteiger partial charge is 0.383 e. The van der Waals surface area contributed by atoms with Crippen LogP contribution >= 0.6 is 0 Å². The van der Waals surface area contributed by atoms with Gasteiger partial charge in [0.15, 0.2) is 0 Å². The summed E-state index contributed by atoms with van der Waals surface area (Å²) in [5, 5.41) is 3.36. The van der Waals surface area contributed by atoms with Crippen molar-refractivity contribution in [3.05, 3.63) is 22.4 Å². The molecule has 1 atom stereocenters. The molecule has 1 aliphatic heterocycles. The standard InChI is InChI=1S/C12H20N4O3/c1-19-6-5-16(8-9-3-2-4-13-9)11(17)10-7-14-12(18)15-10/h7,9,13H,2-6,8H2,1H3,(H2,14,15,18). The fourth-order valence-corrected chi connectivity index (χ4v) is 2.27. The first-order valence-corrected chi connectivity index (χ1v) is 6.50. The van der Waals surface area contributed by atoms with Crippen molar-refractivity contribution in [1.29, 1.82) is 0 Å². The number of rotatable bonds is 6. The van der Waals surface area contributed by atoms with Crippen LogP contribution in [0, 0.1) is 0 Å². The Balaban J connectivity index is 2.02. The minimum atomic E-state index is -0.367. The zero-order valence-electron chi connectivity index (χ0n) is 11.1. The zero-order valence-corrected chi connectivity index (χ0v) is 11.1. The predicted molar refractivity (Wildman–Crippen MR) is 70.2 cm³/mol. The van der Waals surface area contributed by atoms with Gasteiger partial charge in [-0.3, -0.25) is 4.79 Å². The summed E-state index contributed by atoms with van der Waals surface area (Å²) < 4.78 is 5.03. The van der Waals surface area contributed by atoms with Crippen LogP contribution in [0.2, 0.25) is 0 Å². The Morgan fingerprint density at radius 1 is 1.58 bits per heavy atom. The van der Waals surface area contributed by atoms with Gasteiger partial charge in [0.2, 0.25) is 0 Å². The highest BCUT2D eigenvalue weighted by Crippen LogP contribution is 2.09. The molecule has 1 aliphatic rings. The van der Waals surface area contributed by atoms with Crippen molar-refractivity contribution in [2.45, 2.75) is 18.9 Å². The molecule has 1 aromatic rings. The molecule has 7 nitrogen and oxygen atoms in total. The van der Waals surface area contributed by atoms with Crippen molar-refractivity contribution >= 4 is 5.91 Å². The Hall–Kier alpha value is -1.60. The molecule has 2 rings (SSSR count). The van der Waals surface area contributed by atoms with Crippen LogP contribution in [0.1, 0.15) is 23.3 Å². The van der Waals surface area contributed by atoms with Crippen LogP contribution < -0.4 is 11.0 Å². The third-order valence-electron chi connectivity index (χ3n) is 3.28. The van der Waals surface area contributed by atoms with Crippen LogP contribution in [0.4, 0.5) is 0 Å². The number of carbonyl (C=O) groups is 1. The lowest BCUT2D eigenvalue weighted by Gasteiger charge is -2.25. The van der Waals surface area contributed by atoms with Gasteiger partial charge in [-0.05, 0) is 19.4 Å². The van der Waals surface area contributed by atoms with Crippen LogP contribution in [-0.4, -0.2) is 60.2 Å². The van der Waals surface area contributed by atoms with Gasteiger partial charge in [-0.25, -0.2) is 4.79 Å². The van der Waals surface area contributed by atoms with Gasteiger partial charge in [-0.2, -0.15) is 0 Å². The third kappa shape index (κ3) is 3.68. The van der Waals surface area contributed by atoms with E-state index in [0.29, 0.717) is 31.4 Å². The van der Waals surface area contributed by atoms with Crippen molar-refractivity contribution in [3.63, 3.8) is 0 Å². The molecule has 1 saturated heterocycles. The van der Waals surface area contributed by atoms with Gasteiger partial charge in [0.05, 0.1) is 6.61 Å². The van der Waals surface area contributed by atoms with Gasteiger partial charge in [0.1, 0.15) is 5.69 Å². The number of aromatic amines is 2. The molecular weight excluding hydrogens is 248 g/mol. The molecule has 1 aromatic heterocycles. The van der Waals surface area contributed by atoms with Gasteiger partial charge in [-0.15, -0.1) is 0 Å². The number of amides is 1. The lowest BCUT2D eigenvalue weighted by molar-refractivity contribution is 0.0674. The van der Waals surface area contributed by atoms with Gasteiger partial charge in [-0.1, -0.05) is 0 Å². The van der Waals surface area contributed by atoms with Crippen LogP contribution in [0.3, 0.4) is 0 Å². The molecule has 19 heavy (non-hydrogen) atoms. The Morgan fingerprint density at radius 2 is 2.42 bits per heavy atom. The maximum absolute atomic E-state index is 12.3. The lowest BCUT2D eigenvalue weighted by atomic mass is 10.2. The summed E-state index contributed by atoms with van der Waals surface area (Å²) in [6.07, 6.45) is 3.62. The second kappa shape index (κ2) is 6.53. The number of hydrogen-bond acceptors (Lipinski definition) is 4. The fourth-order valence-electron chi connectivity index (χ4n) is 2.27. The highest BCUT2D eigenvalue weighted by Gasteiger charge is 2.23. The maximum atomic E-state index is 12.3. The second-order valence-electron chi connectivity index (χ2n) is 4.69. The SMILES string of the molecule is COCCN(CC1CCCN1)C(=O)c1c[nH]c(=O)[nH]1. The Kier molecular flexibility index (Phi) is 4.75. The summed E-state index contributed by atoms with van der Waals surface area (Å²) in [4.78, 5) is 30.0. The Morgan fingerprint density at radius 3 is 3.00 bits per heavy atom. The molecule has 0 spiro atoms. The van der Waals surface area contributed by atoms with Gasteiger partial charge >= 0.3 is 5.69 Å². The van der Waals surface area contributed by atoms with Crippen LogP contribution in [0.25, 0.3) is 0 Å². The van der Waals surface area contributed by atoms with Crippen LogP contribution in [-0.2, 0) is 4.74 Å². The van der Waals surface area contributed by atoms with Crippen molar-refractivity contribution in [2.75, 3.05) is 33.4 Å². The molecule has 0 aromatic carbocycles. The Labute approximate surface area is 111 Å². The molecule has 0 saturated carbocycles. The highest BCUT2D eigenvalue weighted by molar-refractivity contribution is 5.92. The van der Waals surface area contributed by atoms with E-state index in [4.69, 9.17) is 4.74 Å². The normalized spacial score (nSPS) is 18.7. The Bertz CT molecular complexity index is 462. The predicted octanol–water partition coefficient (Wildman–Crippen LogP) is -0.456. The van der Waals surface area contributed by atoms with Crippen LogP contribution in [0.5, 0.6) is 0 Å². The van der Waals surface area contributed by atoms with E-state index in [9.17, 15) is 9.59 Å². The van der Waals surface area contributed by atoms with E-state index < -0.39 is 0 Å². The second-order valence-corrected chi connectivity index (χ2v) is 4.69. The smallest absolute Gasteiger partial charge is 0.323 e. The average Bonchev–Trinajstić information content (AvgIpc) is 3.05. The molecule has 106 valence electrons. The van der Waals surface area contributed by atoms with E-state index >= 15 is 0 Å². The molecule has 0 aliphatic carbocycles. The molecule has 7 heteroatoms. The molecule has 1 unspecified atom stereocenters. The molecule has 3 N–H and O–H groups in total. The van der Waals surface area contributed by atoms with Crippen molar-refractivity contribution in [1.82, 2.24) is 20.2 Å². The first kappa shape index (κ1) is 13.8. The number of imidazole rings is 1. The monoisotopic (exact) mass is 268 g/mol. The topological polar surface area (TPSA) is 90.2 Å². The van der Waals surface area contributed by atoms with Crippen molar-refractivity contribution < 1.29 is 9.53 Å². The number of hydrogen-bond donors (Lipinski definition) is 3. The summed E-state index contributed by atoms with van der Waals surface area (Å²) in [5.41, 5.74) is -0.0758. The quantitative estimate of drug-likeness (QED) is 0.651. The van der Waals surface area contributed by atoms with E-state index in [2.05, 4.69) is 15.3 Å². The summed E-state index contributed by atoms with van der Waals surface area (Å²) in [6.45, 7) is 2.63. The molecule has 1 fully saturated rings. The highest BCUT2D eigenvalue weighted by atomic mass is 16.5. The zero-order chi connectivity index (χ0) is 13.7. The van der Waals surface area contributed by atoms with E-state index in [1.807, 2.05) is 0 Å². The minimum Gasteiger partial charge on any atom is -0.383 e. The average molecular weight is 268 g/mol. The molecule has 0 radical (unpaired) electrons. The van der Waals surface area contributed by atoms with E-state index in [1.165, 1.54) is 6.20 Å². The number of nitrogens with zero attached hydrogens (tertiary/aromatic N) is 1. The number of carbonyl (C=O) groups excluding carboxylic acids is 1. The first-order chi connectivity index (χ1) is 9.20. The van der Waals surface area contributed by atoms with Gasteiger partial charge in [0, 0.05) is 32.4 Å². The first-order valence-electron chi connectivity index (χ1n) is 6.50.